The van der Waals surface area contributed by atoms with Gasteiger partial charge < -0.3 is 5.73 Å². The van der Waals surface area contributed by atoms with Crippen molar-refractivity contribution in [3.8, 4) is 10.6 Å². The lowest BCUT2D eigenvalue weighted by molar-refractivity contribution is -0.137. The maximum absolute atomic E-state index is 12.6. The van der Waals surface area contributed by atoms with Gasteiger partial charge in [-0.2, -0.15) is 13.2 Å². The highest BCUT2D eigenvalue weighted by molar-refractivity contribution is 7.93. The minimum Gasteiger partial charge on any atom is -0.399 e. The van der Waals surface area contributed by atoms with Gasteiger partial charge in [0.05, 0.1) is 10.5 Å². The smallest absolute Gasteiger partial charge is 0.399 e. The number of nitrogens with one attached hydrogen (secondary N) is 1. The van der Waals surface area contributed by atoms with Crippen molar-refractivity contribution < 1.29 is 21.6 Å². The van der Waals surface area contributed by atoms with Gasteiger partial charge in [-0.15, -0.1) is 10.2 Å². The van der Waals surface area contributed by atoms with Crippen LogP contribution in [0.4, 0.5) is 24.0 Å². The maximum atomic E-state index is 12.6. The number of benzene rings is 2. The molecule has 0 aliphatic rings. The van der Waals surface area contributed by atoms with E-state index in [9.17, 15) is 21.6 Å². The van der Waals surface area contributed by atoms with E-state index in [2.05, 4.69) is 14.9 Å². The van der Waals surface area contributed by atoms with E-state index >= 15 is 0 Å². The molecular formula is C15H11F3N4O2S2. The Morgan fingerprint density at radius 2 is 1.58 bits per heavy atom. The van der Waals surface area contributed by atoms with Crippen LogP contribution in [0.15, 0.2) is 53.4 Å². The average Bonchev–Trinajstić information content (AvgIpc) is 3.02. The number of hydrogen-bond acceptors (Lipinski definition) is 6. The Bertz CT molecular complexity index is 1010. The van der Waals surface area contributed by atoms with E-state index in [4.69, 9.17) is 5.73 Å². The standard InChI is InChI=1S/C15H11F3N4O2S2/c16-15(17,18)10-3-1-9(2-4-10)13-20-21-14(25-13)22-26(23,24)12-7-5-11(19)6-8-12/h1-8H,19H2,(H,21,22). The Kier molecular flexibility index (Phi) is 4.59. The lowest BCUT2D eigenvalue weighted by atomic mass is 10.1. The molecule has 3 aromatic rings. The van der Waals surface area contributed by atoms with Gasteiger partial charge in [-0.25, -0.2) is 8.42 Å². The van der Waals surface area contributed by atoms with Crippen molar-refractivity contribution >= 4 is 32.2 Å². The second-order valence-electron chi connectivity index (χ2n) is 5.16. The molecule has 3 N–H and O–H groups in total. The van der Waals surface area contributed by atoms with Crippen LogP contribution in [0.5, 0.6) is 0 Å². The molecule has 0 saturated heterocycles. The van der Waals surface area contributed by atoms with Gasteiger partial charge >= 0.3 is 6.18 Å². The van der Waals surface area contributed by atoms with Crippen LogP contribution in [-0.2, 0) is 16.2 Å². The SMILES string of the molecule is Nc1ccc(S(=O)(=O)Nc2nnc(-c3ccc(C(F)(F)F)cc3)s2)cc1. The predicted octanol–water partition coefficient (Wildman–Crippen LogP) is 3.61. The third-order valence-electron chi connectivity index (χ3n) is 3.30. The van der Waals surface area contributed by atoms with Crippen molar-refractivity contribution in [1.29, 1.82) is 0 Å². The predicted molar refractivity (Wildman–Crippen MR) is 92.0 cm³/mol. The van der Waals surface area contributed by atoms with Crippen LogP contribution >= 0.6 is 11.3 Å². The van der Waals surface area contributed by atoms with E-state index < -0.39 is 21.8 Å². The quantitative estimate of drug-likeness (QED) is 0.652. The fraction of sp³-hybridized carbons (Fsp3) is 0.0667. The second-order valence-corrected chi connectivity index (χ2v) is 7.82. The van der Waals surface area contributed by atoms with Gasteiger partial charge in [0.25, 0.3) is 10.0 Å². The zero-order valence-electron chi connectivity index (χ0n) is 12.9. The molecular weight excluding hydrogens is 389 g/mol. The summed E-state index contributed by atoms with van der Waals surface area (Å²) in [4.78, 5) is -0.00187. The van der Waals surface area contributed by atoms with Gasteiger partial charge in [-0.1, -0.05) is 23.5 Å². The third kappa shape index (κ3) is 3.94. The van der Waals surface area contributed by atoms with Gasteiger partial charge in [0.1, 0.15) is 5.01 Å². The van der Waals surface area contributed by atoms with Gasteiger partial charge in [0, 0.05) is 11.3 Å². The first kappa shape index (κ1) is 18.1. The zero-order valence-corrected chi connectivity index (χ0v) is 14.5. The number of nitrogen functional groups attached to an aromatic ring is 1. The Morgan fingerprint density at radius 3 is 2.15 bits per heavy atom. The molecule has 0 amide bonds. The van der Waals surface area contributed by atoms with Crippen LogP contribution in [0.2, 0.25) is 0 Å². The van der Waals surface area contributed by atoms with Gasteiger partial charge in [0.2, 0.25) is 5.13 Å². The zero-order chi connectivity index (χ0) is 18.9. The van der Waals surface area contributed by atoms with Gasteiger partial charge in [-0.3, -0.25) is 4.72 Å². The van der Waals surface area contributed by atoms with Crippen molar-refractivity contribution in [2.24, 2.45) is 0 Å². The normalized spacial score (nSPS) is 12.1. The molecule has 11 heteroatoms. The van der Waals surface area contributed by atoms with Crippen molar-refractivity contribution in [2.75, 3.05) is 10.5 Å². The van der Waals surface area contributed by atoms with Crippen LogP contribution in [0.3, 0.4) is 0 Å². The molecule has 3 rings (SSSR count). The molecule has 0 atom stereocenters. The summed E-state index contributed by atoms with van der Waals surface area (Å²) in [6.07, 6.45) is -4.43. The largest absolute Gasteiger partial charge is 0.416 e. The Morgan fingerprint density at radius 1 is 0.962 bits per heavy atom. The van der Waals surface area contributed by atoms with Crippen LogP contribution in [0, 0.1) is 0 Å². The van der Waals surface area contributed by atoms with Gasteiger partial charge in [0.15, 0.2) is 0 Å². The van der Waals surface area contributed by atoms with Crippen molar-refractivity contribution in [3.63, 3.8) is 0 Å². The average molecular weight is 400 g/mol. The Labute approximate surface area is 150 Å². The second kappa shape index (κ2) is 6.57. The number of nitrogens with zero attached hydrogens (tertiary/aromatic N) is 2. The molecule has 2 aromatic carbocycles. The van der Waals surface area contributed by atoms with Crippen molar-refractivity contribution in [3.05, 3.63) is 54.1 Å². The van der Waals surface area contributed by atoms with Crippen molar-refractivity contribution in [1.82, 2.24) is 10.2 Å². The number of hydrogen-bond donors (Lipinski definition) is 2. The van der Waals surface area contributed by atoms with E-state index in [1.165, 1.54) is 36.4 Å². The van der Waals surface area contributed by atoms with Gasteiger partial charge in [-0.05, 0) is 36.4 Å². The number of sulfonamides is 1. The number of nitrogens with two attached hydrogens (primary N) is 1. The van der Waals surface area contributed by atoms with Crippen LogP contribution < -0.4 is 10.5 Å². The number of rotatable bonds is 4. The van der Waals surface area contributed by atoms with Crippen LogP contribution in [0.25, 0.3) is 10.6 Å². The number of aromatic nitrogens is 2. The molecule has 0 aliphatic heterocycles. The monoisotopic (exact) mass is 400 g/mol. The molecule has 1 heterocycles. The molecule has 0 aliphatic carbocycles. The minimum atomic E-state index is -4.43. The molecule has 0 unspecified atom stereocenters. The summed E-state index contributed by atoms with van der Waals surface area (Å²) in [6, 6.07) is 9.93. The molecule has 26 heavy (non-hydrogen) atoms. The summed E-state index contributed by atoms with van der Waals surface area (Å²) in [6.45, 7) is 0. The Hall–Kier alpha value is -2.66. The third-order valence-corrected chi connectivity index (χ3v) is 5.67. The maximum Gasteiger partial charge on any atom is 0.416 e. The number of halogens is 3. The summed E-state index contributed by atoms with van der Waals surface area (Å²) < 4.78 is 64.6. The summed E-state index contributed by atoms with van der Waals surface area (Å²) in [5.74, 6) is 0. The van der Waals surface area contributed by atoms with Crippen LogP contribution in [-0.4, -0.2) is 18.6 Å². The lowest BCUT2D eigenvalue weighted by Gasteiger charge is -2.06. The topological polar surface area (TPSA) is 98.0 Å². The molecule has 136 valence electrons. The summed E-state index contributed by atoms with van der Waals surface area (Å²) in [7, 11) is -3.87. The minimum absolute atomic E-state index is 0.00187. The first-order valence-electron chi connectivity index (χ1n) is 7.05. The summed E-state index contributed by atoms with van der Waals surface area (Å²) in [5.41, 5.74) is 5.56. The van der Waals surface area contributed by atoms with E-state index in [1.807, 2.05) is 0 Å². The van der Waals surface area contributed by atoms with E-state index in [0.717, 1.165) is 23.5 Å². The van der Waals surface area contributed by atoms with Crippen molar-refractivity contribution in [2.45, 2.75) is 11.1 Å². The highest BCUT2D eigenvalue weighted by Crippen LogP contribution is 2.32. The molecule has 0 saturated carbocycles. The van der Waals surface area contributed by atoms with Crippen LogP contribution in [0.1, 0.15) is 5.56 Å². The number of anilines is 2. The highest BCUT2D eigenvalue weighted by atomic mass is 32.2. The lowest BCUT2D eigenvalue weighted by Crippen LogP contribution is -2.12. The molecule has 6 nitrogen and oxygen atoms in total. The summed E-state index contributed by atoms with van der Waals surface area (Å²) in [5, 5.41) is 7.82. The highest BCUT2D eigenvalue weighted by Gasteiger charge is 2.30. The molecule has 0 bridgehead atoms. The first-order chi connectivity index (χ1) is 12.1. The molecule has 0 fully saturated rings. The first-order valence-corrected chi connectivity index (χ1v) is 9.35. The fourth-order valence-corrected chi connectivity index (χ4v) is 3.98. The molecule has 0 radical (unpaired) electrons. The summed E-state index contributed by atoms with van der Waals surface area (Å²) >= 11 is 0.906. The molecule has 1 aromatic heterocycles. The number of alkyl halides is 3. The molecule has 0 spiro atoms. The fourth-order valence-electron chi connectivity index (χ4n) is 2.00. The van der Waals surface area contributed by atoms with E-state index in [-0.39, 0.29) is 15.0 Å². The van der Waals surface area contributed by atoms with E-state index in [1.54, 1.807) is 0 Å². The Balaban J connectivity index is 1.80. The van der Waals surface area contributed by atoms with E-state index in [0.29, 0.717) is 11.3 Å².